The van der Waals surface area contributed by atoms with Crippen molar-refractivity contribution in [3.8, 4) is 0 Å². The Hall–Kier alpha value is -1.72. The van der Waals surface area contributed by atoms with Crippen LogP contribution in [0.25, 0.3) is 0 Å². The zero-order valence-corrected chi connectivity index (χ0v) is 8.34. The minimum Gasteiger partial charge on any atom is -0.393 e. The van der Waals surface area contributed by atoms with Crippen LogP contribution in [0.1, 0.15) is 6.92 Å². The van der Waals surface area contributed by atoms with Crippen LogP contribution in [0.15, 0.2) is 0 Å². The summed E-state index contributed by atoms with van der Waals surface area (Å²) in [4.78, 5) is 45.7. The topological polar surface area (TPSA) is 86.7 Å². The molecular weight excluding hydrogens is 216 g/mol. The maximum Gasteiger partial charge on any atom is 0.318 e. The summed E-state index contributed by atoms with van der Waals surface area (Å²) in [6, 6.07) is 0. The summed E-state index contributed by atoms with van der Waals surface area (Å²) in [5, 5.41) is 0. The molecule has 1 aliphatic carbocycles. The highest BCUT2D eigenvalue weighted by molar-refractivity contribution is 6.06. The average molecular weight is 224 g/mol. The predicted molar refractivity (Wildman–Crippen MR) is 45.3 cm³/mol. The molecule has 3 aliphatic rings. The number of rotatable bonds is 0. The van der Waals surface area contributed by atoms with Crippen molar-refractivity contribution in [2.45, 2.75) is 6.92 Å². The minimum atomic E-state index is -0.827. The van der Waals surface area contributed by atoms with Gasteiger partial charge in [-0.1, -0.05) is 6.92 Å². The van der Waals surface area contributed by atoms with Gasteiger partial charge in [0.1, 0.15) is 0 Å². The summed E-state index contributed by atoms with van der Waals surface area (Å²) in [7, 11) is 0. The van der Waals surface area contributed by atoms with Crippen molar-refractivity contribution >= 4 is 23.9 Å². The lowest BCUT2D eigenvalue weighted by Crippen LogP contribution is -2.24. The lowest BCUT2D eigenvalue weighted by Gasteiger charge is -2.11. The molecule has 0 radical (unpaired) electrons. The van der Waals surface area contributed by atoms with Crippen LogP contribution in [-0.2, 0) is 28.7 Å². The molecule has 4 unspecified atom stereocenters. The molecule has 4 atom stereocenters. The Morgan fingerprint density at radius 1 is 0.688 bits per heavy atom. The number of ether oxygens (including phenoxy) is 2. The van der Waals surface area contributed by atoms with E-state index in [0.29, 0.717) is 0 Å². The van der Waals surface area contributed by atoms with E-state index in [-0.39, 0.29) is 5.92 Å². The van der Waals surface area contributed by atoms with Crippen LogP contribution in [0.4, 0.5) is 0 Å². The molecule has 0 bridgehead atoms. The molecule has 2 aliphatic heterocycles. The van der Waals surface area contributed by atoms with Crippen molar-refractivity contribution in [1.82, 2.24) is 0 Å². The molecule has 0 spiro atoms. The highest BCUT2D eigenvalue weighted by Crippen LogP contribution is 2.53. The molecule has 0 aromatic rings. The molecule has 0 amide bonds. The van der Waals surface area contributed by atoms with Gasteiger partial charge < -0.3 is 9.47 Å². The zero-order chi connectivity index (χ0) is 11.6. The standard InChI is InChI=1S/C10H8O6/c1-2-3-5(9(13)15-7(3)11)6-4(2)8(12)16-10(6)14/h2-6H,1H3. The molecule has 2 saturated heterocycles. The summed E-state index contributed by atoms with van der Waals surface area (Å²) in [6.45, 7) is 1.67. The van der Waals surface area contributed by atoms with Crippen molar-refractivity contribution in [2.24, 2.45) is 29.6 Å². The van der Waals surface area contributed by atoms with Crippen LogP contribution in [0.2, 0.25) is 0 Å². The largest absolute Gasteiger partial charge is 0.393 e. The third-order valence-corrected chi connectivity index (χ3v) is 3.78. The van der Waals surface area contributed by atoms with Gasteiger partial charge in [-0.2, -0.15) is 0 Å². The first-order valence-electron chi connectivity index (χ1n) is 5.03. The van der Waals surface area contributed by atoms with E-state index in [0.717, 1.165) is 0 Å². The van der Waals surface area contributed by atoms with E-state index in [9.17, 15) is 19.2 Å². The second kappa shape index (κ2) is 2.69. The molecule has 84 valence electrons. The number of esters is 4. The van der Waals surface area contributed by atoms with Gasteiger partial charge in [0.2, 0.25) is 0 Å². The first-order chi connectivity index (χ1) is 7.52. The molecule has 0 N–H and O–H groups in total. The van der Waals surface area contributed by atoms with E-state index in [1.54, 1.807) is 6.92 Å². The maximum atomic E-state index is 11.4. The molecule has 2 heterocycles. The Balaban J connectivity index is 2.09. The average Bonchev–Trinajstić information content (AvgIpc) is 2.74. The smallest absolute Gasteiger partial charge is 0.318 e. The molecule has 0 aromatic heterocycles. The highest BCUT2D eigenvalue weighted by atomic mass is 16.6. The van der Waals surface area contributed by atoms with Crippen LogP contribution in [0.3, 0.4) is 0 Å². The summed E-state index contributed by atoms with van der Waals surface area (Å²) in [5.74, 6) is -6.04. The molecule has 3 rings (SSSR count). The van der Waals surface area contributed by atoms with Gasteiger partial charge in [0.25, 0.3) is 0 Å². The van der Waals surface area contributed by atoms with E-state index < -0.39 is 47.5 Å². The first kappa shape index (κ1) is 9.50. The SMILES string of the molecule is CC1C2C(=O)OC(=O)C2C2C(=O)OC(=O)C12. The van der Waals surface area contributed by atoms with Crippen LogP contribution in [0, 0.1) is 29.6 Å². The van der Waals surface area contributed by atoms with Crippen molar-refractivity contribution in [2.75, 3.05) is 0 Å². The Morgan fingerprint density at radius 2 is 1.00 bits per heavy atom. The van der Waals surface area contributed by atoms with Gasteiger partial charge in [-0.15, -0.1) is 0 Å². The Kier molecular flexibility index (Phi) is 1.60. The minimum absolute atomic E-state index is 0.382. The lowest BCUT2D eigenvalue weighted by atomic mass is 9.90. The molecule has 0 aromatic carbocycles. The second-order valence-electron chi connectivity index (χ2n) is 4.44. The number of fused-ring (bicyclic) bond motifs is 3. The number of carbonyl (C=O) groups is 4. The van der Waals surface area contributed by atoms with Crippen LogP contribution >= 0.6 is 0 Å². The maximum absolute atomic E-state index is 11.4. The third-order valence-electron chi connectivity index (χ3n) is 3.78. The highest BCUT2D eigenvalue weighted by Gasteiger charge is 2.68. The molecule has 1 saturated carbocycles. The summed E-state index contributed by atoms with van der Waals surface area (Å²) < 4.78 is 8.99. The van der Waals surface area contributed by atoms with Crippen LogP contribution in [0.5, 0.6) is 0 Å². The van der Waals surface area contributed by atoms with Crippen molar-refractivity contribution in [1.29, 1.82) is 0 Å². The lowest BCUT2D eigenvalue weighted by molar-refractivity contribution is -0.158. The van der Waals surface area contributed by atoms with Crippen molar-refractivity contribution < 1.29 is 28.7 Å². The van der Waals surface area contributed by atoms with E-state index in [2.05, 4.69) is 9.47 Å². The normalized spacial score (nSPS) is 45.4. The third kappa shape index (κ3) is 0.874. The van der Waals surface area contributed by atoms with E-state index in [1.165, 1.54) is 0 Å². The van der Waals surface area contributed by atoms with Gasteiger partial charge in [0, 0.05) is 0 Å². The Labute approximate surface area is 89.9 Å². The predicted octanol–water partition coefficient (Wildman–Crippen LogP) is -0.732. The fourth-order valence-corrected chi connectivity index (χ4v) is 3.10. The van der Waals surface area contributed by atoms with E-state index >= 15 is 0 Å². The second-order valence-corrected chi connectivity index (χ2v) is 4.44. The number of carbonyl (C=O) groups excluding carboxylic acids is 4. The molecule has 6 nitrogen and oxygen atoms in total. The fraction of sp³-hybridized carbons (Fsp3) is 0.600. The van der Waals surface area contributed by atoms with Gasteiger partial charge in [0.05, 0.1) is 23.7 Å². The Bertz CT molecular complexity index is 399. The quantitative estimate of drug-likeness (QED) is 0.398. The van der Waals surface area contributed by atoms with Crippen molar-refractivity contribution in [3.05, 3.63) is 0 Å². The van der Waals surface area contributed by atoms with Gasteiger partial charge >= 0.3 is 23.9 Å². The van der Waals surface area contributed by atoms with Gasteiger partial charge in [-0.3, -0.25) is 19.2 Å². The molecule has 16 heavy (non-hydrogen) atoms. The Morgan fingerprint density at radius 3 is 1.38 bits per heavy atom. The molecule has 3 fully saturated rings. The molecule has 6 heteroatoms. The summed E-state index contributed by atoms with van der Waals surface area (Å²) in [5.41, 5.74) is 0. The van der Waals surface area contributed by atoms with Crippen LogP contribution < -0.4 is 0 Å². The van der Waals surface area contributed by atoms with Crippen LogP contribution in [-0.4, -0.2) is 23.9 Å². The van der Waals surface area contributed by atoms with E-state index in [1.807, 2.05) is 0 Å². The zero-order valence-electron chi connectivity index (χ0n) is 8.34. The summed E-state index contributed by atoms with van der Waals surface area (Å²) in [6.07, 6.45) is 0. The van der Waals surface area contributed by atoms with E-state index in [4.69, 9.17) is 0 Å². The monoisotopic (exact) mass is 224 g/mol. The number of hydrogen-bond donors (Lipinski definition) is 0. The number of hydrogen-bond acceptors (Lipinski definition) is 6. The fourth-order valence-electron chi connectivity index (χ4n) is 3.10. The number of cyclic esters (lactones) is 4. The molecular formula is C10H8O6. The van der Waals surface area contributed by atoms with Crippen molar-refractivity contribution in [3.63, 3.8) is 0 Å². The van der Waals surface area contributed by atoms with Gasteiger partial charge in [0.15, 0.2) is 0 Å². The first-order valence-corrected chi connectivity index (χ1v) is 5.03. The van der Waals surface area contributed by atoms with Gasteiger partial charge in [-0.25, -0.2) is 0 Å². The van der Waals surface area contributed by atoms with Gasteiger partial charge in [-0.05, 0) is 5.92 Å². The summed E-state index contributed by atoms with van der Waals surface area (Å²) >= 11 is 0.